The van der Waals surface area contributed by atoms with Gasteiger partial charge in [-0.15, -0.1) is 25.4 Å². The maximum Gasteiger partial charge on any atom is 2.00 e. The van der Waals surface area contributed by atoms with Crippen molar-refractivity contribution < 1.29 is 17.1 Å². The molecule has 0 N–H and O–H groups in total. The van der Waals surface area contributed by atoms with Gasteiger partial charge >= 0.3 is 17.1 Å². The Hall–Kier alpha value is 0.0795. The molecule has 0 unspecified atom stereocenters. The van der Waals surface area contributed by atoms with Crippen molar-refractivity contribution in [1.29, 1.82) is 0 Å². The average molecular weight is 502 g/mol. The van der Waals surface area contributed by atoms with Gasteiger partial charge < -0.3 is 0 Å². The fraction of sp³-hybridized carbons (Fsp3) is 0.643. The Kier molecular flexibility index (Phi) is 11.0. The molecule has 0 saturated carbocycles. The Labute approximate surface area is 208 Å². The summed E-state index contributed by atoms with van der Waals surface area (Å²) in [4.78, 5) is 0. The molecule has 2 aliphatic rings. The summed E-state index contributed by atoms with van der Waals surface area (Å²) in [6.45, 7) is 36.6. The minimum atomic E-state index is -0.129. The molecule has 3 heteroatoms. The van der Waals surface area contributed by atoms with Crippen molar-refractivity contribution in [2.75, 3.05) is 0 Å². The van der Waals surface area contributed by atoms with Gasteiger partial charge in [-0.1, -0.05) is 97.4 Å². The molecule has 0 saturated heterocycles. The van der Waals surface area contributed by atoms with Crippen LogP contribution in [0.4, 0.5) is 0 Å². The molecule has 0 bridgehead atoms. The van der Waals surface area contributed by atoms with Gasteiger partial charge in [0, 0.05) is 0 Å². The maximum atomic E-state index is 4.18. The van der Waals surface area contributed by atoms with Crippen LogP contribution in [-0.4, -0.2) is 26.3 Å². The molecule has 0 nitrogen and oxygen atoms in total. The summed E-state index contributed by atoms with van der Waals surface area (Å²) in [7, 11) is -0.202. The third-order valence-corrected chi connectivity index (χ3v) is 12.7. The second kappa shape index (κ2) is 11.0. The molecule has 0 spiro atoms. The SMILES string of the molecule is [CH2-]C1=C(P(C(C)(C)C)C(C)(C)C)CC=C1.[CH2-]C1=C[C@H](P(C(C)(C)C)C(C)(C)C)C=C1.[Fe+2]. The van der Waals surface area contributed by atoms with Gasteiger partial charge in [0.15, 0.2) is 0 Å². The molecule has 2 rings (SSSR count). The fourth-order valence-corrected chi connectivity index (χ4v) is 13.9. The van der Waals surface area contributed by atoms with Crippen LogP contribution in [0.2, 0.25) is 0 Å². The Morgan fingerprint density at radius 1 is 0.742 bits per heavy atom. The average Bonchev–Trinajstić information content (AvgIpc) is 3.03. The van der Waals surface area contributed by atoms with E-state index >= 15 is 0 Å². The van der Waals surface area contributed by atoms with Gasteiger partial charge in [-0.05, 0) is 26.3 Å². The van der Waals surface area contributed by atoms with Gasteiger partial charge in [-0.25, -0.2) is 0 Å². The van der Waals surface area contributed by atoms with Crippen molar-refractivity contribution in [2.45, 2.75) is 116 Å². The summed E-state index contributed by atoms with van der Waals surface area (Å²) in [5, 5.41) is 3.13. The van der Waals surface area contributed by atoms with Gasteiger partial charge in [0.05, 0.1) is 0 Å². The predicted octanol–water partition coefficient (Wildman–Crippen LogP) is 9.88. The maximum absolute atomic E-state index is 4.18. The van der Waals surface area contributed by atoms with Crippen molar-refractivity contribution in [2.24, 2.45) is 0 Å². The van der Waals surface area contributed by atoms with Crippen molar-refractivity contribution in [1.82, 2.24) is 0 Å². The molecule has 2 aliphatic carbocycles. The van der Waals surface area contributed by atoms with Crippen LogP contribution in [0.15, 0.2) is 46.8 Å². The monoisotopic (exact) mass is 502 g/mol. The van der Waals surface area contributed by atoms with E-state index in [-0.39, 0.29) is 32.9 Å². The number of rotatable bonds is 2. The van der Waals surface area contributed by atoms with E-state index in [9.17, 15) is 0 Å². The van der Waals surface area contributed by atoms with Crippen LogP contribution in [0.25, 0.3) is 0 Å². The molecule has 0 aromatic carbocycles. The molecular weight excluding hydrogens is 454 g/mol. The molecule has 0 amide bonds. The Balaban J connectivity index is 0.000000562. The zero-order valence-corrected chi connectivity index (χ0v) is 25.2. The van der Waals surface area contributed by atoms with E-state index in [2.05, 4.69) is 127 Å². The molecule has 178 valence electrons. The van der Waals surface area contributed by atoms with Crippen molar-refractivity contribution in [3.05, 3.63) is 60.7 Å². The fourth-order valence-electron chi connectivity index (χ4n) is 5.20. The van der Waals surface area contributed by atoms with E-state index in [1.54, 1.807) is 5.31 Å². The van der Waals surface area contributed by atoms with Crippen LogP contribution < -0.4 is 0 Å². The number of hydrogen-bond acceptors (Lipinski definition) is 0. The van der Waals surface area contributed by atoms with E-state index in [4.69, 9.17) is 0 Å². The standard InChI is InChI=1S/2C14H24P.Fe/c1-11-8-9-12(10-11)15(13(2,3)4)14(5,6)7;1-11-9-8-10-12(11)15(13(2,3)4)14(5,6)7;/h8-10,12H,1H2,2-7H3;8-9H,1,10H2,2-7H3;/q2*-1;+2/t12-;;/m1../s1. The summed E-state index contributed by atoms with van der Waals surface area (Å²) in [5.74, 6) is 0. The van der Waals surface area contributed by atoms with Crippen LogP contribution in [-0.2, 0) is 17.1 Å². The first-order valence-electron chi connectivity index (χ1n) is 11.3. The quantitative estimate of drug-likeness (QED) is 0.200. The second-order valence-corrected chi connectivity index (χ2v) is 20.5. The normalized spacial score (nSPS) is 19.5. The van der Waals surface area contributed by atoms with Crippen molar-refractivity contribution >= 4 is 15.8 Å². The second-order valence-electron chi connectivity index (χ2n) is 12.6. The number of hydrogen-bond donors (Lipinski definition) is 0. The third-order valence-electron chi connectivity index (χ3n) is 5.25. The van der Waals surface area contributed by atoms with Crippen molar-refractivity contribution in [3.8, 4) is 0 Å². The molecule has 0 fully saturated rings. The zero-order chi connectivity index (χ0) is 23.7. The summed E-state index contributed by atoms with van der Waals surface area (Å²) in [6.07, 6.45) is 12.4. The van der Waals surface area contributed by atoms with Gasteiger partial charge in [0.1, 0.15) is 0 Å². The van der Waals surface area contributed by atoms with Gasteiger partial charge in [0.25, 0.3) is 0 Å². The first-order chi connectivity index (χ1) is 13.3. The first kappa shape index (κ1) is 31.1. The zero-order valence-electron chi connectivity index (χ0n) is 22.3. The summed E-state index contributed by atoms with van der Waals surface area (Å²) >= 11 is 0. The van der Waals surface area contributed by atoms with Gasteiger partial charge in [-0.2, -0.15) is 43.2 Å². The summed E-state index contributed by atoms with van der Waals surface area (Å²) in [6, 6.07) is 0. The summed E-state index contributed by atoms with van der Waals surface area (Å²) in [5.41, 5.74) is 3.07. The molecule has 0 heterocycles. The molecule has 0 aromatic rings. The van der Waals surface area contributed by atoms with Gasteiger partial charge in [0.2, 0.25) is 0 Å². The van der Waals surface area contributed by atoms with E-state index in [0.29, 0.717) is 26.3 Å². The van der Waals surface area contributed by atoms with E-state index in [0.717, 1.165) is 6.42 Å². The van der Waals surface area contributed by atoms with E-state index in [1.807, 2.05) is 0 Å². The molecule has 31 heavy (non-hydrogen) atoms. The third kappa shape index (κ3) is 9.09. The van der Waals surface area contributed by atoms with Crippen LogP contribution in [0.5, 0.6) is 0 Å². The predicted molar refractivity (Wildman–Crippen MR) is 145 cm³/mol. The number of allylic oxidation sites excluding steroid dienone is 8. The minimum absolute atomic E-state index is 0. The Morgan fingerprint density at radius 3 is 1.45 bits per heavy atom. The molecular formula is C28H48FeP2. The molecule has 1 atom stereocenters. The van der Waals surface area contributed by atoms with E-state index < -0.39 is 0 Å². The first-order valence-corrected chi connectivity index (χ1v) is 14.0. The Bertz CT molecular complexity index is 682. The molecule has 0 radical (unpaired) electrons. The van der Waals surface area contributed by atoms with Crippen molar-refractivity contribution in [3.63, 3.8) is 0 Å². The van der Waals surface area contributed by atoms with Crippen LogP contribution >= 0.6 is 15.8 Å². The summed E-state index contributed by atoms with van der Waals surface area (Å²) < 4.78 is 0. The minimum Gasteiger partial charge on any atom is -0.199 e. The van der Waals surface area contributed by atoms with Crippen LogP contribution in [0, 0.1) is 13.8 Å². The Morgan fingerprint density at radius 2 is 1.19 bits per heavy atom. The van der Waals surface area contributed by atoms with E-state index in [1.165, 1.54) is 11.1 Å². The van der Waals surface area contributed by atoms with Crippen LogP contribution in [0.1, 0.15) is 89.5 Å². The molecule has 0 aromatic heterocycles. The van der Waals surface area contributed by atoms with Crippen LogP contribution in [0.3, 0.4) is 0 Å². The topological polar surface area (TPSA) is 0 Å². The smallest absolute Gasteiger partial charge is 0.199 e. The largest absolute Gasteiger partial charge is 2.00 e. The van der Waals surface area contributed by atoms with Gasteiger partial charge in [-0.3, -0.25) is 0 Å². The molecule has 0 aliphatic heterocycles.